The lowest BCUT2D eigenvalue weighted by molar-refractivity contribution is 0.607. The Labute approximate surface area is 133 Å². The van der Waals surface area contributed by atoms with Crippen LogP contribution in [0.25, 0.3) is 0 Å². The molecule has 0 aromatic heterocycles. The Kier molecular flexibility index (Phi) is 4.90. The quantitative estimate of drug-likeness (QED) is 0.844. The summed E-state index contributed by atoms with van der Waals surface area (Å²) in [4.78, 5) is 0. The highest BCUT2D eigenvalue weighted by molar-refractivity contribution is 9.10. The van der Waals surface area contributed by atoms with Crippen molar-refractivity contribution in [2.24, 2.45) is 0 Å². The number of aryl methyl sites for hydroxylation is 1. The number of nitrogens with one attached hydrogen (secondary N) is 2. The first-order valence-corrected chi connectivity index (χ1v) is 9.09. The van der Waals surface area contributed by atoms with E-state index in [4.69, 9.17) is 0 Å². The second-order valence-corrected chi connectivity index (χ2v) is 7.49. The Morgan fingerprint density at radius 3 is 2.48 bits per heavy atom. The molecule has 0 unspecified atom stereocenters. The highest BCUT2D eigenvalue weighted by Gasteiger charge is 2.03. The molecule has 0 heterocycles. The molecule has 4 nitrogen and oxygen atoms in total. The molecule has 0 radical (unpaired) electrons. The van der Waals surface area contributed by atoms with Crippen molar-refractivity contribution >= 4 is 37.3 Å². The lowest BCUT2D eigenvalue weighted by Gasteiger charge is -2.10. The molecule has 2 aromatic carbocycles. The van der Waals surface area contributed by atoms with E-state index in [2.05, 4.69) is 32.0 Å². The average molecular weight is 369 g/mol. The second-order valence-electron chi connectivity index (χ2n) is 4.89. The maximum absolute atomic E-state index is 11.2. The molecule has 0 atom stereocenters. The number of hydrogen-bond donors (Lipinski definition) is 2. The fourth-order valence-electron chi connectivity index (χ4n) is 1.93. The predicted molar refractivity (Wildman–Crippen MR) is 91.1 cm³/mol. The van der Waals surface area contributed by atoms with Crippen LogP contribution in [-0.4, -0.2) is 14.7 Å². The van der Waals surface area contributed by atoms with E-state index in [-0.39, 0.29) is 0 Å². The molecule has 0 aliphatic rings. The summed E-state index contributed by atoms with van der Waals surface area (Å²) in [5.41, 5.74) is 3.76. The van der Waals surface area contributed by atoms with Gasteiger partial charge in [-0.2, -0.15) is 0 Å². The minimum Gasteiger partial charge on any atom is -0.381 e. The van der Waals surface area contributed by atoms with Crippen LogP contribution in [0.1, 0.15) is 11.1 Å². The van der Waals surface area contributed by atoms with Gasteiger partial charge in [-0.05, 0) is 42.3 Å². The van der Waals surface area contributed by atoms with Crippen LogP contribution in [0.2, 0.25) is 0 Å². The van der Waals surface area contributed by atoms with Crippen LogP contribution < -0.4 is 10.0 Å². The molecule has 2 aromatic rings. The molecule has 0 fully saturated rings. The first-order chi connectivity index (χ1) is 9.83. The summed E-state index contributed by atoms with van der Waals surface area (Å²) < 4.78 is 26.0. The van der Waals surface area contributed by atoms with E-state index in [0.717, 1.165) is 22.0 Å². The van der Waals surface area contributed by atoms with Crippen molar-refractivity contribution in [2.45, 2.75) is 13.5 Å². The van der Waals surface area contributed by atoms with Gasteiger partial charge < -0.3 is 5.32 Å². The molecular formula is C15H17BrN2O2S. The molecule has 0 saturated carbocycles. The summed E-state index contributed by atoms with van der Waals surface area (Å²) in [5, 5.41) is 3.28. The highest BCUT2D eigenvalue weighted by atomic mass is 79.9. The van der Waals surface area contributed by atoms with Crippen molar-refractivity contribution in [2.75, 3.05) is 16.3 Å². The molecule has 21 heavy (non-hydrogen) atoms. The van der Waals surface area contributed by atoms with Crippen molar-refractivity contribution in [3.05, 3.63) is 58.1 Å². The third kappa shape index (κ3) is 5.06. The van der Waals surface area contributed by atoms with Gasteiger partial charge in [0.15, 0.2) is 0 Å². The minimum atomic E-state index is -3.25. The minimum absolute atomic E-state index is 0.550. The van der Waals surface area contributed by atoms with Crippen LogP contribution in [0.3, 0.4) is 0 Å². The third-order valence-electron chi connectivity index (χ3n) is 2.88. The first kappa shape index (κ1) is 15.9. The lowest BCUT2D eigenvalue weighted by Crippen LogP contribution is -2.09. The van der Waals surface area contributed by atoms with Crippen LogP contribution in [0.5, 0.6) is 0 Å². The normalized spacial score (nSPS) is 11.2. The first-order valence-electron chi connectivity index (χ1n) is 6.40. The summed E-state index contributed by atoms with van der Waals surface area (Å²) in [6, 6.07) is 13.4. The van der Waals surface area contributed by atoms with Gasteiger partial charge >= 0.3 is 0 Å². The van der Waals surface area contributed by atoms with Crippen molar-refractivity contribution in [3.63, 3.8) is 0 Å². The topological polar surface area (TPSA) is 58.2 Å². The van der Waals surface area contributed by atoms with Crippen LogP contribution >= 0.6 is 15.9 Å². The summed E-state index contributed by atoms with van der Waals surface area (Å²) in [5.74, 6) is 0. The van der Waals surface area contributed by atoms with Gasteiger partial charge in [-0.3, -0.25) is 4.72 Å². The fourth-order valence-corrected chi connectivity index (χ4v) is 2.73. The zero-order valence-electron chi connectivity index (χ0n) is 11.9. The van der Waals surface area contributed by atoms with E-state index in [1.165, 1.54) is 5.56 Å². The highest BCUT2D eigenvalue weighted by Crippen LogP contribution is 2.19. The maximum Gasteiger partial charge on any atom is 0.229 e. The molecule has 0 bridgehead atoms. The van der Waals surface area contributed by atoms with Crippen LogP contribution in [0, 0.1) is 6.92 Å². The summed E-state index contributed by atoms with van der Waals surface area (Å²) in [7, 11) is -3.25. The zero-order chi connectivity index (χ0) is 15.5. The second kappa shape index (κ2) is 6.49. The Morgan fingerprint density at radius 2 is 1.81 bits per heavy atom. The van der Waals surface area contributed by atoms with Crippen molar-refractivity contribution in [3.8, 4) is 0 Å². The van der Waals surface area contributed by atoms with Crippen molar-refractivity contribution in [1.82, 2.24) is 0 Å². The molecule has 112 valence electrons. The van der Waals surface area contributed by atoms with E-state index in [0.29, 0.717) is 12.2 Å². The Morgan fingerprint density at radius 1 is 1.10 bits per heavy atom. The molecule has 0 aliphatic carbocycles. The Bertz CT molecular complexity index is 745. The van der Waals surface area contributed by atoms with Gasteiger partial charge in [0.1, 0.15) is 0 Å². The zero-order valence-corrected chi connectivity index (χ0v) is 14.3. The molecular weight excluding hydrogens is 352 g/mol. The number of hydrogen-bond acceptors (Lipinski definition) is 3. The number of benzene rings is 2. The third-order valence-corrected chi connectivity index (χ3v) is 4.38. The molecule has 0 aliphatic heterocycles. The van der Waals surface area contributed by atoms with Gasteiger partial charge in [0, 0.05) is 16.7 Å². The molecule has 6 heteroatoms. The largest absolute Gasteiger partial charge is 0.381 e. The van der Waals surface area contributed by atoms with E-state index < -0.39 is 10.0 Å². The molecule has 0 amide bonds. The lowest BCUT2D eigenvalue weighted by atomic mass is 10.1. The average Bonchev–Trinajstić information content (AvgIpc) is 2.39. The van der Waals surface area contributed by atoms with Crippen LogP contribution in [0.4, 0.5) is 11.4 Å². The standard InChI is InChI=1S/C15H17BrN2O2S/c1-11-8-12(6-7-15(11)16)10-17-13-4-3-5-14(9-13)18-21(2,19)20/h3-9,17-18H,10H2,1-2H3. The van der Waals surface area contributed by atoms with E-state index in [9.17, 15) is 8.42 Å². The molecule has 2 N–H and O–H groups in total. The van der Waals surface area contributed by atoms with E-state index >= 15 is 0 Å². The summed E-state index contributed by atoms with van der Waals surface area (Å²) >= 11 is 3.48. The van der Waals surface area contributed by atoms with E-state index in [1.807, 2.05) is 31.2 Å². The molecule has 0 saturated heterocycles. The van der Waals surface area contributed by atoms with Crippen LogP contribution in [0.15, 0.2) is 46.9 Å². The fraction of sp³-hybridized carbons (Fsp3) is 0.200. The van der Waals surface area contributed by atoms with Crippen molar-refractivity contribution < 1.29 is 8.42 Å². The van der Waals surface area contributed by atoms with Crippen LogP contribution in [-0.2, 0) is 16.6 Å². The smallest absolute Gasteiger partial charge is 0.229 e. The van der Waals surface area contributed by atoms with Gasteiger partial charge in [-0.1, -0.05) is 34.1 Å². The monoisotopic (exact) mass is 368 g/mol. The number of rotatable bonds is 5. The predicted octanol–water partition coefficient (Wildman–Crippen LogP) is 3.74. The van der Waals surface area contributed by atoms with Gasteiger partial charge in [0.2, 0.25) is 10.0 Å². The number of halogens is 1. The summed E-state index contributed by atoms with van der Waals surface area (Å²) in [6.45, 7) is 2.72. The maximum atomic E-state index is 11.2. The molecule has 0 spiro atoms. The summed E-state index contributed by atoms with van der Waals surface area (Å²) in [6.07, 6.45) is 1.14. The van der Waals surface area contributed by atoms with Gasteiger partial charge in [-0.25, -0.2) is 8.42 Å². The molecule has 2 rings (SSSR count). The number of anilines is 2. The van der Waals surface area contributed by atoms with E-state index in [1.54, 1.807) is 12.1 Å². The van der Waals surface area contributed by atoms with Crippen molar-refractivity contribution in [1.29, 1.82) is 0 Å². The SMILES string of the molecule is Cc1cc(CNc2cccc(NS(C)(=O)=O)c2)ccc1Br. The number of sulfonamides is 1. The van der Waals surface area contributed by atoms with Gasteiger partial charge in [0.05, 0.1) is 11.9 Å². The Balaban J connectivity index is 2.06. The van der Waals surface area contributed by atoms with Gasteiger partial charge in [0.25, 0.3) is 0 Å². The van der Waals surface area contributed by atoms with Gasteiger partial charge in [-0.15, -0.1) is 0 Å². The Hall–Kier alpha value is -1.53.